The minimum atomic E-state index is -0.648. The molecule has 11 nitrogen and oxygen atoms in total. The number of carbonyl (C=O) groups excluding carboxylic acids is 1. The Morgan fingerprint density at radius 1 is 1.20 bits per heavy atom. The average Bonchev–Trinajstić information content (AvgIpc) is 2.57. The predicted molar refractivity (Wildman–Crippen MR) is 90.5 cm³/mol. The highest BCUT2D eigenvalue weighted by Gasteiger charge is 2.24. The minimum Gasteiger partial charge on any atom is -0.299 e. The fourth-order valence-corrected chi connectivity index (χ4v) is 1.67. The highest BCUT2D eigenvalue weighted by Crippen LogP contribution is 2.28. The first kappa shape index (κ1) is 18.0. The third kappa shape index (κ3) is 5.07. The van der Waals surface area contributed by atoms with E-state index in [1.54, 1.807) is 12.1 Å². The van der Waals surface area contributed by atoms with E-state index in [0.29, 0.717) is 5.56 Å². The van der Waals surface area contributed by atoms with Crippen LogP contribution < -0.4 is 21.7 Å². The summed E-state index contributed by atoms with van der Waals surface area (Å²) in [5.74, 6) is -0.702. The number of pyridine rings is 1. The number of nitrogens with one attached hydrogen (secondary N) is 4. The van der Waals surface area contributed by atoms with Gasteiger partial charge >= 0.3 is 5.69 Å². The van der Waals surface area contributed by atoms with E-state index < -0.39 is 16.5 Å². The van der Waals surface area contributed by atoms with Crippen molar-refractivity contribution in [2.45, 2.75) is 26.3 Å². The zero-order valence-corrected chi connectivity index (χ0v) is 13.9. The highest BCUT2D eigenvalue weighted by molar-refractivity contribution is 5.94. The molecule has 4 N–H and O–H groups in total. The summed E-state index contributed by atoms with van der Waals surface area (Å²) in [6.07, 6.45) is 4.03. The maximum Gasteiger partial charge on any atom is 0.356 e. The molecule has 0 spiro atoms. The van der Waals surface area contributed by atoms with Gasteiger partial charge in [0, 0.05) is 17.9 Å². The molecule has 0 atom stereocenters. The minimum absolute atomic E-state index is 0.0342. The van der Waals surface area contributed by atoms with Crippen LogP contribution in [-0.4, -0.2) is 31.3 Å². The van der Waals surface area contributed by atoms with Crippen LogP contribution in [0.2, 0.25) is 0 Å². The molecular weight excluding hydrogens is 328 g/mol. The van der Waals surface area contributed by atoms with Gasteiger partial charge in [0.1, 0.15) is 6.33 Å². The van der Waals surface area contributed by atoms with E-state index in [9.17, 15) is 14.9 Å². The number of hydrogen-bond acceptors (Lipinski definition) is 9. The number of aromatic nitrogens is 3. The maximum absolute atomic E-state index is 12.0. The number of amides is 1. The fourth-order valence-electron chi connectivity index (χ4n) is 1.67. The lowest BCUT2D eigenvalue weighted by Gasteiger charge is -2.21. The van der Waals surface area contributed by atoms with Crippen LogP contribution in [0.25, 0.3) is 0 Å². The van der Waals surface area contributed by atoms with Gasteiger partial charge in [-0.15, -0.1) is 0 Å². The molecular formula is C14H18N8O3. The van der Waals surface area contributed by atoms with Crippen molar-refractivity contribution in [3.63, 3.8) is 0 Å². The molecule has 0 saturated carbocycles. The van der Waals surface area contributed by atoms with Crippen molar-refractivity contribution in [3.05, 3.63) is 46.5 Å². The molecule has 0 fully saturated rings. The Morgan fingerprint density at radius 3 is 2.44 bits per heavy atom. The summed E-state index contributed by atoms with van der Waals surface area (Å²) in [5.41, 5.74) is 9.89. The first-order chi connectivity index (χ1) is 11.8. The van der Waals surface area contributed by atoms with Gasteiger partial charge < -0.3 is 0 Å². The lowest BCUT2D eigenvalue weighted by atomic mass is 10.1. The van der Waals surface area contributed by atoms with E-state index in [2.05, 4.69) is 36.7 Å². The molecule has 2 heterocycles. The first-order valence-corrected chi connectivity index (χ1v) is 7.27. The Morgan fingerprint density at radius 2 is 1.88 bits per heavy atom. The summed E-state index contributed by atoms with van der Waals surface area (Å²) in [6, 6.07) is 3.15. The molecule has 0 unspecified atom stereocenters. The topological polar surface area (TPSA) is 147 Å². The number of nitro groups is 1. The van der Waals surface area contributed by atoms with Crippen LogP contribution >= 0.6 is 0 Å². The molecule has 0 aliphatic rings. The van der Waals surface area contributed by atoms with E-state index in [4.69, 9.17) is 0 Å². The Bertz CT molecular complexity index is 760. The van der Waals surface area contributed by atoms with Crippen molar-refractivity contribution in [1.82, 2.24) is 25.8 Å². The second kappa shape index (κ2) is 7.49. The van der Waals surface area contributed by atoms with E-state index in [1.807, 2.05) is 20.8 Å². The van der Waals surface area contributed by atoms with E-state index in [0.717, 1.165) is 6.33 Å². The second-order valence-electron chi connectivity index (χ2n) is 6.00. The van der Waals surface area contributed by atoms with Gasteiger partial charge in [0.15, 0.2) is 0 Å². The Kier molecular flexibility index (Phi) is 5.39. The zero-order chi connectivity index (χ0) is 18.4. The van der Waals surface area contributed by atoms with Crippen LogP contribution in [0.4, 0.5) is 17.3 Å². The number of hydrogen-bond donors (Lipinski definition) is 4. The molecule has 2 rings (SSSR count). The standard InChI is InChI=1S/C14H18N8O3/c1-14(2,3)21-19-12-10(22(24)25)11(16-8-17-12)18-20-13(23)9-5-4-6-15-7-9/h4-8,21H,1-3H3,(H,20,23)(H2,16,17,18,19). The van der Waals surface area contributed by atoms with Crippen LogP contribution in [0.1, 0.15) is 31.1 Å². The monoisotopic (exact) mass is 346 g/mol. The molecule has 0 aromatic carbocycles. The number of hydrazine groups is 2. The summed E-state index contributed by atoms with van der Waals surface area (Å²) >= 11 is 0. The third-order valence-corrected chi connectivity index (χ3v) is 2.78. The van der Waals surface area contributed by atoms with Crippen molar-refractivity contribution in [2.75, 3.05) is 10.9 Å². The van der Waals surface area contributed by atoms with Crippen molar-refractivity contribution in [3.8, 4) is 0 Å². The molecule has 0 saturated heterocycles. The van der Waals surface area contributed by atoms with Crippen molar-refractivity contribution >= 4 is 23.2 Å². The van der Waals surface area contributed by atoms with Crippen LogP contribution in [-0.2, 0) is 0 Å². The molecule has 132 valence electrons. The zero-order valence-electron chi connectivity index (χ0n) is 13.9. The quantitative estimate of drug-likeness (QED) is 0.448. The van der Waals surface area contributed by atoms with Crippen molar-refractivity contribution in [2.24, 2.45) is 0 Å². The summed E-state index contributed by atoms with van der Waals surface area (Å²) in [6.45, 7) is 5.63. The number of carbonyl (C=O) groups is 1. The van der Waals surface area contributed by atoms with Gasteiger partial charge in [-0.25, -0.2) is 15.4 Å². The molecule has 0 aliphatic carbocycles. The number of anilines is 2. The van der Waals surface area contributed by atoms with E-state index in [1.165, 1.54) is 12.4 Å². The summed E-state index contributed by atoms with van der Waals surface area (Å²) in [4.78, 5) is 34.2. The average molecular weight is 346 g/mol. The molecule has 0 radical (unpaired) electrons. The lowest BCUT2D eigenvalue weighted by Crippen LogP contribution is -2.40. The van der Waals surface area contributed by atoms with Gasteiger partial charge in [-0.2, -0.15) is 0 Å². The number of rotatable bonds is 6. The van der Waals surface area contributed by atoms with Crippen LogP contribution in [0.15, 0.2) is 30.9 Å². The largest absolute Gasteiger partial charge is 0.356 e. The van der Waals surface area contributed by atoms with Crippen molar-refractivity contribution in [1.29, 1.82) is 0 Å². The lowest BCUT2D eigenvalue weighted by molar-refractivity contribution is -0.383. The molecule has 0 aliphatic heterocycles. The van der Waals surface area contributed by atoms with Crippen LogP contribution in [0, 0.1) is 10.1 Å². The Labute approximate surface area is 143 Å². The Hall–Kier alpha value is -3.34. The van der Waals surface area contributed by atoms with Gasteiger partial charge in [0.2, 0.25) is 11.6 Å². The van der Waals surface area contributed by atoms with Gasteiger partial charge in [-0.1, -0.05) is 0 Å². The molecule has 1 amide bonds. The summed E-state index contributed by atoms with van der Waals surface area (Å²) in [5, 5.41) is 11.4. The first-order valence-electron chi connectivity index (χ1n) is 7.27. The predicted octanol–water partition coefficient (Wildman–Crippen LogP) is 1.25. The Balaban J connectivity index is 2.17. The smallest absolute Gasteiger partial charge is 0.299 e. The van der Waals surface area contributed by atoms with E-state index >= 15 is 0 Å². The molecule has 2 aromatic heterocycles. The molecule has 25 heavy (non-hydrogen) atoms. The number of nitrogens with zero attached hydrogens (tertiary/aromatic N) is 4. The summed E-state index contributed by atoms with van der Waals surface area (Å²) < 4.78 is 0. The normalized spacial score (nSPS) is 10.8. The van der Waals surface area contributed by atoms with E-state index in [-0.39, 0.29) is 17.2 Å². The summed E-state index contributed by atoms with van der Waals surface area (Å²) in [7, 11) is 0. The van der Waals surface area contributed by atoms with Gasteiger partial charge in [-0.3, -0.25) is 36.2 Å². The van der Waals surface area contributed by atoms with Gasteiger partial charge in [0.25, 0.3) is 5.91 Å². The van der Waals surface area contributed by atoms with Crippen LogP contribution in [0.5, 0.6) is 0 Å². The molecule has 0 bridgehead atoms. The third-order valence-electron chi connectivity index (χ3n) is 2.78. The maximum atomic E-state index is 12.0. The SMILES string of the molecule is CC(C)(C)NNc1ncnc(NNC(=O)c2cccnc2)c1[N+](=O)[O-]. The second-order valence-corrected chi connectivity index (χ2v) is 6.00. The van der Waals surface area contributed by atoms with Gasteiger partial charge in [0.05, 0.1) is 10.5 Å². The van der Waals surface area contributed by atoms with Crippen LogP contribution in [0.3, 0.4) is 0 Å². The molecule has 11 heteroatoms. The highest BCUT2D eigenvalue weighted by atomic mass is 16.6. The van der Waals surface area contributed by atoms with Gasteiger partial charge in [-0.05, 0) is 32.9 Å². The van der Waals surface area contributed by atoms with Crippen molar-refractivity contribution < 1.29 is 9.72 Å². The molecule has 2 aromatic rings. The fraction of sp³-hybridized carbons (Fsp3) is 0.286.